The van der Waals surface area contributed by atoms with E-state index in [4.69, 9.17) is 39.9 Å². The van der Waals surface area contributed by atoms with E-state index in [1.54, 1.807) is 36.4 Å². The first kappa shape index (κ1) is 39.7. The van der Waals surface area contributed by atoms with Crippen molar-refractivity contribution in [3.63, 3.8) is 0 Å². The van der Waals surface area contributed by atoms with E-state index in [0.29, 0.717) is 33.6 Å². The van der Waals surface area contributed by atoms with Crippen molar-refractivity contribution in [1.82, 2.24) is 49.3 Å². The van der Waals surface area contributed by atoms with E-state index in [1.807, 2.05) is 48.5 Å². The zero-order valence-corrected chi connectivity index (χ0v) is 35.2. The van der Waals surface area contributed by atoms with Gasteiger partial charge in [-0.15, -0.1) is 0 Å². The summed E-state index contributed by atoms with van der Waals surface area (Å²) in [4.78, 5) is 39.6. The van der Waals surface area contributed by atoms with Crippen molar-refractivity contribution in [1.29, 1.82) is 0 Å². The van der Waals surface area contributed by atoms with Crippen LogP contribution in [0.2, 0.25) is 0 Å². The van der Waals surface area contributed by atoms with Gasteiger partial charge in [-0.1, -0.05) is 111 Å². The number of nitrogens with one attached hydrogen (secondary N) is 2. The average molecular weight is 899 g/mol. The molecular formula is C44H38CuN10O4S2. The number of sulfonamides is 2. The minimum Gasteiger partial charge on any atom is -0.357 e. The molecule has 0 unspecified atom stereocenters. The maximum Gasteiger partial charge on any atom is 2.00 e. The van der Waals surface area contributed by atoms with Crippen molar-refractivity contribution in [3.05, 3.63) is 84.9 Å². The maximum absolute atomic E-state index is 14.3. The summed E-state index contributed by atoms with van der Waals surface area (Å²) in [6.45, 7) is 0. The van der Waals surface area contributed by atoms with Gasteiger partial charge in [0.05, 0.1) is 33.1 Å². The summed E-state index contributed by atoms with van der Waals surface area (Å²) in [6, 6.07) is 24.7. The van der Waals surface area contributed by atoms with Gasteiger partial charge in [-0.25, -0.2) is 36.2 Å². The van der Waals surface area contributed by atoms with Crippen LogP contribution in [0.4, 0.5) is 0 Å². The SMILES string of the molecule is O=S(=O)(NC1CCCCC1)c1cccc2c1-c1nc-2nc2[n-]c(nc3nc(nc4[n-]c(n1)c1ccccc41)-c1ccccc1-3)c1cccc(S(=O)(=O)NC3CCCCC3)c21.[Cu+2]. The molecule has 0 amide bonds. The Labute approximate surface area is 362 Å². The van der Waals surface area contributed by atoms with Crippen LogP contribution >= 0.6 is 0 Å². The van der Waals surface area contributed by atoms with E-state index in [9.17, 15) is 16.8 Å². The predicted octanol–water partition coefficient (Wildman–Crippen LogP) is 7.35. The van der Waals surface area contributed by atoms with Crippen molar-refractivity contribution >= 4 is 64.2 Å². The molecule has 0 saturated heterocycles. The van der Waals surface area contributed by atoms with Crippen LogP contribution in [0, 0.1) is 0 Å². The van der Waals surface area contributed by atoms with Gasteiger partial charge in [-0.05, 0) is 54.0 Å². The Bertz CT molecular complexity index is 3310. The van der Waals surface area contributed by atoms with Crippen LogP contribution in [0.15, 0.2) is 94.7 Å². The smallest absolute Gasteiger partial charge is 0.357 e. The van der Waals surface area contributed by atoms with E-state index < -0.39 is 20.0 Å². The van der Waals surface area contributed by atoms with Gasteiger partial charge in [0.2, 0.25) is 20.0 Å². The number of hydrogen-bond donors (Lipinski definition) is 2. The molecule has 17 heteroatoms. The molecule has 8 bridgehead atoms. The fourth-order valence-electron chi connectivity index (χ4n) is 9.05. The Morgan fingerprint density at radius 1 is 0.443 bits per heavy atom. The molecule has 311 valence electrons. The van der Waals surface area contributed by atoms with Gasteiger partial charge in [-0.3, -0.25) is 0 Å². The van der Waals surface area contributed by atoms with Gasteiger partial charge in [0.15, 0.2) is 0 Å². The summed E-state index contributed by atoms with van der Waals surface area (Å²) in [6.07, 6.45) is 8.93. The van der Waals surface area contributed by atoms with Gasteiger partial charge < -0.3 is 29.9 Å². The van der Waals surface area contributed by atoms with Crippen LogP contribution in [-0.2, 0) is 37.1 Å². The predicted molar refractivity (Wildman–Crippen MR) is 228 cm³/mol. The van der Waals surface area contributed by atoms with Gasteiger partial charge in [-0.2, -0.15) is 0 Å². The third-order valence-electron chi connectivity index (χ3n) is 11.9. The van der Waals surface area contributed by atoms with E-state index >= 15 is 0 Å². The maximum atomic E-state index is 14.3. The molecule has 2 aliphatic carbocycles. The minimum atomic E-state index is -4.07. The van der Waals surface area contributed by atoms with E-state index in [-0.39, 0.29) is 78.5 Å². The minimum absolute atomic E-state index is 0. The molecule has 11 rings (SSSR count). The van der Waals surface area contributed by atoms with Crippen molar-refractivity contribution in [2.75, 3.05) is 0 Å². The van der Waals surface area contributed by atoms with Crippen LogP contribution in [0.5, 0.6) is 0 Å². The third kappa shape index (κ3) is 7.02. The first-order chi connectivity index (χ1) is 29.2. The van der Waals surface area contributed by atoms with Crippen LogP contribution in [-0.4, -0.2) is 58.8 Å². The van der Waals surface area contributed by atoms with Crippen LogP contribution in [0.3, 0.4) is 0 Å². The summed E-state index contributed by atoms with van der Waals surface area (Å²) in [5.41, 5.74) is 3.04. The molecule has 0 spiro atoms. The average Bonchev–Trinajstić information content (AvgIpc) is 4.00. The van der Waals surface area contributed by atoms with Crippen LogP contribution in [0.25, 0.3) is 89.7 Å². The molecule has 3 aromatic heterocycles. The Balaban J connectivity index is 0.00000445. The molecule has 2 aliphatic heterocycles. The number of benzene rings is 4. The topological polar surface area (TPSA) is 198 Å². The zero-order chi connectivity index (χ0) is 40.6. The third-order valence-corrected chi connectivity index (χ3v) is 15.1. The Kier molecular flexibility index (Phi) is 10.1. The van der Waals surface area contributed by atoms with Crippen molar-refractivity contribution < 1.29 is 33.9 Å². The summed E-state index contributed by atoms with van der Waals surface area (Å²) in [5.74, 6) is 0.926. The Morgan fingerprint density at radius 3 is 1.49 bits per heavy atom. The number of aromatic nitrogens is 8. The normalized spacial score (nSPS) is 16.0. The monoisotopic (exact) mass is 897 g/mol. The summed E-state index contributed by atoms with van der Waals surface area (Å²) < 4.78 is 63.3. The fraction of sp³-hybridized carbons (Fsp3) is 0.273. The van der Waals surface area contributed by atoms with E-state index in [1.165, 1.54) is 0 Å². The number of fused-ring (bicyclic) bond motifs is 20. The van der Waals surface area contributed by atoms with Crippen molar-refractivity contribution in [3.8, 4) is 45.6 Å². The van der Waals surface area contributed by atoms with Gasteiger partial charge in [0.1, 0.15) is 0 Å². The molecule has 14 nitrogen and oxygen atoms in total. The molecule has 4 aromatic carbocycles. The van der Waals surface area contributed by atoms with Crippen molar-refractivity contribution in [2.24, 2.45) is 0 Å². The van der Waals surface area contributed by atoms with Gasteiger partial charge >= 0.3 is 17.1 Å². The van der Waals surface area contributed by atoms with Gasteiger partial charge in [0, 0.05) is 62.3 Å². The summed E-state index contributed by atoms with van der Waals surface area (Å²) >= 11 is 0. The first-order valence-electron chi connectivity index (χ1n) is 20.4. The molecule has 5 heterocycles. The first-order valence-corrected chi connectivity index (χ1v) is 23.4. The second-order valence-corrected chi connectivity index (χ2v) is 19.2. The van der Waals surface area contributed by atoms with E-state index in [0.717, 1.165) is 80.7 Å². The Hall–Kier alpha value is -5.42. The van der Waals surface area contributed by atoms with Crippen molar-refractivity contribution in [2.45, 2.75) is 86.1 Å². The largest absolute Gasteiger partial charge is 2.00 e. The van der Waals surface area contributed by atoms with E-state index in [2.05, 4.69) is 9.44 Å². The second kappa shape index (κ2) is 15.5. The zero-order valence-electron chi connectivity index (χ0n) is 32.6. The molecule has 2 fully saturated rings. The summed E-state index contributed by atoms with van der Waals surface area (Å²) in [5, 5.41) is 2.12. The number of rotatable bonds is 6. The molecule has 2 saturated carbocycles. The molecule has 61 heavy (non-hydrogen) atoms. The quantitative estimate of drug-likeness (QED) is 0.158. The molecular weight excluding hydrogens is 860 g/mol. The molecule has 0 atom stereocenters. The molecule has 1 radical (unpaired) electrons. The summed E-state index contributed by atoms with van der Waals surface area (Å²) in [7, 11) is -8.15. The number of nitrogens with zero attached hydrogens (tertiary/aromatic N) is 8. The number of hydrogen-bond acceptors (Lipinski definition) is 10. The fourth-order valence-corrected chi connectivity index (χ4v) is 12.1. The van der Waals surface area contributed by atoms with Gasteiger partial charge in [0.25, 0.3) is 0 Å². The standard InChI is InChI=1S/C44H38N10O4S2.Cu/c55-59(56,53-25-13-3-1-4-14-25)33-23-11-21-31-35(33)44-50-41(31)48-39-28-18-8-7-17-27(28)37(46-39)45-38-29-19-9-10-20-30(29)40(47-38)49-43-36-32(42(51-43)52-44)22-12-24-34(36)60(57,58)54-26-15-5-2-6-16-26;/h7-12,17-26,53-54H,1-6,13-16H2;/q-2;+2. The Morgan fingerprint density at radius 2 is 0.869 bits per heavy atom. The molecule has 2 N–H and O–H groups in total. The molecule has 4 aliphatic rings. The molecule has 7 aromatic rings. The van der Waals surface area contributed by atoms with Crippen LogP contribution in [0.1, 0.15) is 64.2 Å². The van der Waals surface area contributed by atoms with Crippen LogP contribution < -0.4 is 19.4 Å². The second-order valence-electron chi connectivity index (χ2n) is 15.8.